The average Bonchev–Trinajstić information content (AvgIpc) is 2.63. The molecule has 2 heteroatoms. The molecule has 2 aromatic rings. The van der Waals surface area contributed by atoms with Crippen molar-refractivity contribution in [1.29, 1.82) is 0 Å². The minimum Gasteiger partial charge on any atom is -0.352 e. The Hall–Kier alpha value is -2.09. The molecule has 0 heterocycles. The molecule has 2 nitrogen and oxygen atoms in total. The van der Waals surface area contributed by atoms with Crippen molar-refractivity contribution in [2.24, 2.45) is 5.92 Å². The zero-order valence-electron chi connectivity index (χ0n) is 14.3. The van der Waals surface area contributed by atoms with Crippen molar-refractivity contribution >= 4 is 5.91 Å². The Morgan fingerprint density at radius 1 is 0.875 bits per heavy atom. The van der Waals surface area contributed by atoms with E-state index in [2.05, 4.69) is 29.6 Å². The molecule has 1 N–H and O–H groups in total. The van der Waals surface area contributed by atoms with Crippen LogP contribution >= 0.6 is 0 Å². The lowest BCUT2D eigenvalue weighted by Crippen LogP contribution is -2.43. The zero-order valence-corrected chi connectivity index (χ0v) is 14.3. The summed E-state index contributed by atoms with van der Waals surface area (Å²) in [6.07, 6.45) is 7.82. The third kappa shape index (κ3) is 4.95. The average molecular weight is 321 g/mol. The van der Waals surface area contributed by atoms with Gasteiger partial charge in [-0.2, -0.15) is 0 Å². The zero-order chi connectivity index (χ0) is 16.6. The molecule has 0 aliphatic heterocycles. The van der Waals surface area contributed by atoms with Crippen molar-refractivity contribution in [2.75, 3.05) is 0 Å². The highest BCUT2D eigenvalue weighted by atomic mass is 16.1. The first-order chi connectivity index (χ1) is 11.8. The SMILES string of the molecule is O=C(Cc1ccccc1)NC(Cc1ccccc1)C1CCCCC1. The van der Waals surface area contributed by atoms with Crippen molar-refractivity contribution in [3.8, 4) is 0 Å². The van der Waals surface area contributed by atoms with Crippen LogP contribution in [0, 0.1) is 5.92 Å². The van der Waals surface area contributed by atoms with E-state index in [1.807, 2.05) is 36.4 Å². The summed E-state index contributed by atoms with van der Waals surface area (Å²) in [6, 6.07) is 20.8. The van der Waals surface area contributed by atoms with Gasteiger partial charge in [0.25, 0.3) is 0 Å². The molecule has 1 aliphatic rings. The Bertz CT molecular complexity index is 617. The fraction of sp³-hybridized carbons (Fsp3) is 0.409. The molecule has 3 rings (SSSR count). The van der Waals surface area contributed by atoms with E-state index in [1.165, 1.54) is 37.7 Å². The third-order valence-electron chi connectivity index (χ3n) is 5.07. The molecule has 126 valence electrons. The second-order valence-electron chi connectivity index (χ2n) is 6.92. The highest BCUT2D eigenvalue weighted by Gasteiger charge is 2.25. The first kappa shape index (κ1) is 16.8. The lowest BCUT2D eigenvalue weighted by atomic mass is 9.81. The van der Waals surface area contributed by atoms with Gasteiger partial charge in [-0.05, 0) is 36.3 Å². The Morgan fingerprint density at radius 3 is 2.08 bits per heavy atom. The molecule has 0 bridgehead atoms. The third-order valence-corrected chi connectivity index (χ3v) is 5.07. The van der Waals surface area contributed by atoms with Gasteiger partial charge in [-0.15, -0.1) is 0 Å². The van der Waals surface area contributed by atoms with Gasteiger partial charge in [0.05, 0.1) is 6.42 Å². The van der Waals surface area contributed by atoms with Gasteiger partial charge in [0.1, 0.15) is 0 Å². The quantitative estimate of drug-likeness (QED) is 0.831. The van der Waals surface area contributed by atoms with Gasteiger partial charge >= 0.3 is 0 Å². The van der Waals surface area contributed by atoms with Crippen LogP contribution in [0.1, 0.15) is 43.2 Å². The molecule has 1 amide bonds. The number of rotatable bonds is 6. The predicted molar refractivity (Wildman–Crippen MR) is 98.8 cm³/mol. The van der Waals surface area contributed by atoms with Gasteiger partial charge in [-0.25, -0.2) is 0 Å². The van der Waals surface area contributed by atoms with Crippen LogP contribution in [0.25, 0.3) is 0 Å². The maximum absolute atomic E-state index is 12.5. The monoisotopic (exact) mass is 321 g/mol. The van der Waals surface area contributed by atoms with Gasteiger partial charge < -0.3 is 5.32 Å². The number of carbonyl (C=O) groups is 1. The van der Waals surface area contributed by atoms with E-state index in [-0.39, 0.29) is 11.9 Å². The van der Waals surface area contributed by atoms with Gasteiger partial charge in [-0.1, -0.05) is 79.9 Å². The topological polar surface area (TPSA) is 29.1 Å². The molecule has 24 heavy (non-hydrogen) atoms. The van der Waals surface area contributed by atoms with Crippen LogP contribution in [0.2, 0.25) is 0 Å². The summed E-state index contributed by atoms with van der Waals surface area (Å²) in [5.41, 5.74) is 2.39. The van der Waals surface area contributed by atoms with E-state index in [4.69, 9.17) is 0 Å². The Balaban J connectivity index is 1.65. The Morgan fingerprint density at radius 2 is 1.46 bits per heavy atom. The summed E-state index contributed by atoms with van der Waals surface area (Å²) >= 11 is 0. The number of amides is 1. The highest BCUT2D eigenvalue weighted by molar-refractivity contribution is 5.78. The Labute approximate surface area is 145 Å². The van der Waals surface area contributed by atoms with Crippen LogP contribution < -0.4 is 5.32 Å². The molecular formula is C22H27NO. The second kappa shape index (κ2) is 8.68. The fourth-order valence-corrected chi connectivity index (χ4v) is 3.78. The van der Waals surface area contributed by atoms with Crippen LogP contribution in [0.4, 0.5) is 0 Å². The minimum atomic E-state index is 0.146. The molecule has 0 saturated heterocycles. The summed E-state index contributed by atoms with van der Waals surface area (Å²) < 4.78 is 0. The van der Waals surface area contributed by atoms with Crippen LogP contribution in [-0.2, 0) is 17.6 Å². The van der Waals surface area contributed by atoms with E-state index < -0.39 is 0 Å². The first-order valence-corrected chi connectivity index (χ1v) is 9.18. The van der Waals surface area contributed by atoms with Crippen molar-refractivity contribution in [3.05, 3.63) is 71.8 Å². The molecule has 1 atom stereocenters. The molecular weight excluding hydrogens is 294 g/mol. The van der Waals surface area contributed by atoms with Crippen molar-refractivity contribution in [2.45, 2.75) is 51.0 Å². The summed E-state index contributed by atoms with van der Waals surface area (Å²) in [4.78, 5) is 12.5. The van der Waals surface area contributed by atoms with Crippen molar-refractivity contribution in [1.82, 2.24) is 5.32 Å². The van der Waals surface area contributed by atoms with E-state index in [1.54, 1.807) is 0 Å². The van der Waals surface area contributed by atoms with Gasteiger partial charge in [0.15, 0.2) is 0 Å². The lowest BCUT2D eigenvalue weighted by molar-refractivity contribution is -0.121. The first-order valence-electron chi connectivity index (χ1n) is 9.18. The van der Waals surface area contributed by atoms with Crippen LogP contribution in [-0.4, -0.2) is 11.9 Å². The number of hydrogen-bond donors (Lipinski definition) is 1. The van der Waals surface area contributed by atoms with E-state index in [0.29, 0.717) is 12.3 Å². The largest absolute Gasteiger partial charge is 0.352 e. The molecule has 1 aliphatic carbocycles. The number of benzene rings is 2. The van der Waals surface area contributed by atoms with Crippen LogP contribution in [0.3, 0.4) is 0 Å². The van der Waals surface area contributed by atoms with E-state index in [9.17, 15) is 4.79 Å². The normalized spacial score (nSPS) is 16.5. The fourth-order valence-electron chi connectivity index (χ4n) is 3.78. The predicted octanol–water partition coefficient (Wildman–Crippen LogP) is 4.54. The van der Waals surface area contributed by atoms with E-state index in [0.717, 1.165) is 12.0 Å². The minimum absolute atomic E-state index is 0.146. The molecule has 0 aromatic heterocycles. The summed E-state index contributed by atoms with van der Waals surface area (Å²) in [6.45, 7) is 0. The van der Waals surface area contributed by atoms with Gasteiger partial charge in [0, 0.05) is 6.04 Å². The molecule has 0 spiro atoms. The smallest absolute Gasteiger partial charge is 0.224 e. The molecule has 1 saturated carbocycles. The van der Waals surface area contributed by atoms with E-state index >= 15 is 0 Å². The molecule has 1 unspecified atom stereocenters. The maximum Gasteiger partial charge on any atom is 0.224 e. The Kier molecular flexibility index (Phi) is 6.06. The van der Waals surface area contributed by atoms with Gasteiger partial charge in [-0.3, -0.25) is 4.79 Å². The molecule has 2 aromatic carbocycles. The summed E-state index contributed by atoms with van der Waals surface area (Å²) in [5.74, 6) is 0.756. The number of carbonyl (C=O) groups excluding carboxylic acids is 1. The molecule has 0 radical (unpaired) electrons. The number of nitrogens with one attached hydrogen (secondary N) is 1. The molecule has 1 fully saturated rings. The standard InChI is InChI=1S/C22H27NO/c24-22(17-19-12-6-2-7-13-19)23-21(20-14-8-3-9-15-20)16-18-10-4-1-5-11-18/h1-2,4-7,10-13,20-21H,3,8-9,14-17H2,(H,23,24). The van der Waals surface area contributed by atoms with Crippen LogP contribution in [0.15, 0.2) is 60.7 Å². The van der Waals surface area contributed by atoms with Gasteiger partial charge in [0.2, 0.25) is 5.91 Å². The van der Waals surface area contributed by atoms with Crippen LogP contribution in [0.5, 0.6) is 0 Å². The van der Waals surface area contributed by atoms with Crippen molar-refractivity contribution < 1.29 is 4.79 Å². The maximum atomic E-state index is 12.5. The lowest BCUT2D eigenvalue weighted by Gasteiger charge is -2.31. The second-order valence-corrected chi connectivity index (χ2v) is 6.92. The number of hydrogen-bond acceptors (Lipinski definition) is 1. The summed E-state index contributed by atoms with van der Waals surface area (Å²) in [5, 5.41) is 3.34. The highest BCUT2D eigenvalue weighted by Crippen LogP contribution is 2.28. The summed E-state index contributed by atoms with van der Waals surface area (Å²) in [7, 11) is 0. The van der Waals surface area contributed by atoms with Crippen molar-refractivity contribution in [3.63, 3.8) is 0 Å².